The summed E-state index contributed by atoms with van der Waals surface area (Å²) in [5, 5.41) is 12.7. The number of hydrogen-bond acceptors (Lipinski definition) is 6. The van der Waals surface area contributed by atoms with Gasteiger partial charge in [-0.15, -0.1) is 13.2 Å². The smallest absolute Gasteiger partial charge is 0.406 e. The molecule has 7 nitrogen and oxygen atoms in total. The molecule has 2 fully saturated rings. The Bertz CT molecular complexity index is 1000. The van der Waals surface area contributed by atoms with Crippen molar-refractivity contribution in [3.63, 3.8) is 0 Å². The Hall–Kier alpha value is -2.89. The number of morpholine rings is 1. The summed E-state index contributed by atoms with van der Waals surface area (Å²) in [7, 11) is 0. The van der Waals surface area contributed by atoms with Crippen molar-refractivity contribution in [1.82, 2.24) is 4.90 Å². The fourth-order valence-corrected chi connectivity index (χ4v) is 4.62. The van der Waals surface area contributed by atoms with E-state index >= 15 is 0 Å². The van der Waals surface area contributed by atoms with E-state index in [1.54, 1.807) is 12.1 Å². The van der Waals surface area contributed by atoms with Crippen molar-refractivity contribution >= 4 is 17.3 Å². The Kier molecular flexibility index (Phi) is 7.48. The van der Waals surface area contributed by atoms with Gasteiger partial charge in [-0.1, -0.05) is 0 Å². The summed E-state index contributed by atoms with van der Waals surface area (Å²) in [5.74, 6) is -0.962. The Morgan fingerprint density at radius 3 is 2.49 bits per heavy atom. The Morgan fingerprint density at radius 1 is 1.11 bits per heavy atom. The van der Waals surface area contributed by atoms with Gasteiger partial charge in [0, 0.05) is 50.0 Å². The molecule has 190 valence electrons. The number of amides is 1. The van der Waals surface area contributed by atoms with Crippen molar-refractivity contribution in [1.29, 1.82) is 0 Å². The predicted molar refractivity (Wildman–Crippen MR) is 121 cm³/mol. The van der Waals surface area contributed by atoms with Crippen LogP contribution in [0.3, 0.4) is 0 Å². The van der Waals surface area contributed by atoms with Gasteiger partial charge in [0.15, 0.2) is 0 Å². The van der Waals surface area contributed by atoms with Gasteiger partial charge in [-0.3, -0.25) is 9.69 Å². The summed E-state index contributed by atoms with van der Waals surface area (Å²) >= 11 is 0. The molecule has 2 aromatic carbocycles. The molecule has 2 aromatic rings. The Labute approximate surface area is 200 Å². The van der Waals surface area contributed by atoms with Crippen LogP contribution in [0.1, 0.15) is 12.8 Å². The lowest BCUT2D eigenvalue weighted by Gasteiger charge is -2.43. The second-order valence-electron chi connectivity index (χ2n) is 8.81. The van der Waals surface area contributed by atoms with E-state index in [1.165, 1.54) is 36.4 Å². The van der Waals surface area contributed by atoms with Crippen molar-refractivity contribution in [2.45, 2.75) is 30.8 Å². The highest BCUT2D eigenvalue weighted by Gasteiger charge is 2.44. The summed E-state index contributed by atoms with van der Waals surface area (Å²) < 4.78 is 60.4. The van der Waals surface area contributed by atoms with Crippen molar-refractivity contribution in [2.24, 2.45) is 0 Å². The Morgan fingerprint density at radius 2 is 1.83 bits per heavy atom. The molecule has 4 rings (SSSR count). The molecule has 2 N–H and O–H groups in total. The van der Waals surface area contributed by atoms with Gasteiger partial charge < -0.3 is 24.8 Å². The number of aliphatic hydroxyl groups is 1. The van der Waals surface area contributed by atoms with Crippen molar-refractivity contribution < 1.29 is 36.9 Å². The number of nitrogens with zero attached hydrogens (tertiary/aromatic N) is 2. The highest BCUT2D eigenvalue weighted by Crippen LogP contribution is 2.34. The number of alkyl halides is 3. The number of anilines is 2. The quantitative estimate of drug-likeness (QED) is 0.572. The van der Waals surface area contributed by atoms with Crippen LogP contribution < -0.4 is 15.0 Å². The van der Waals surface area contributed by atoms with Gasteiger partial charge >= 0.3 is 6.36 Å². The molecule has 2 saturated heterocycles. The van der Waals surface area contributed by atoms with Crippen LogP contribution in [-0.2, 0) is 9.53 Å². The second kappa shape index (κ2) is 10.4. The second-order valence-corrected chi connectivity index (χ2v) is 8.81. The zero-order chi connectivity index (χ0) is 25.1. The number of hydrogen-bond donors (Lipinski definition) is 2. The first-order valence-electron chi connectivity index (χ1n) is 11.3. The highest BCUT2D eigenvalue weighted by atomic mass is 19.4. The highest BCUT2D eigenvalue weighted by molar-refractivity contribution is 5.91. The third kappa shape index (κ3) is 6.62. The molecule has 2 atom stereocenters. The van der Waals surface area contributed by atoms with E-state index in [1.807, 2.05) is 9.80 Å². The molecule has 0 saturated carbocycles. The van der Waals surface area contributed by atoms with Gasteiger partial charge in [0.05, 0.1) is 18.8 Å². The van der Waals surface area contributed by atoms with Gasteiger partial charge in [-0.25, -0.2) is 4.39 Å². The van der Waals surface area contributed by atoms with Gasteiger partial charge in [-0.2, -0.15) is 0 Å². The molecule has 0 bridgehead atoms. The summed E-state index contributed by atoms with van der Waals surface area (Å²) in [5.41, 5.74) is 0.722. The number of carbonyl (C=O) groups is 1. The summed E-state index contributed by atoms with van der Waals surface area (Å²) in [6.07, 6.45) is -3.98. The molecule has 1 amide bonds. The first-order chi connectivity index (χ1) is 16.6. The van der Waals surface area contributed by atoms with Gasteiger partial charge in [0.2, 0.25) is 5.91 Å². The molecule has 0 aliphatic carbocycles. The number of aliphatic hydroxyl groups excluding tert-OH is 1. The van der Waals surface area contributed by atoms with Gasteiger partial charge in [-0.05, 0) is 55.0 Å². The third-order valence-electron chi connectivity index (χ3n) is 6.31. The number of carbonyl (C=O) groups excluding carboxylic acids is 1. The van der Waals surface area contributed by atoms with Gasteiger partial charge in [0.25, 0.3) is 0 Å². The van der Waals surface area contributed by atoms with Crippen LogP contribution in [0.4, 0.5) is 28.9 Å². The van der Waals surface area contributed by atoms with Crippen LogP contribution in [0.5, 0.6) is 5.75 Å². The van der Waals surface area contributed by atoms with E-state index in [9.17, 15) is 27.5 Å². The number of nitrogens with one attached hydrogen (secondary N) is 1. The van der Waals surface area contributed by atoms with Crippen molar-refractivity contribution in [3.05, 3.63) is 54.3 Å². The molecule has 2 unspecified atom stereocenters. The molecule has 0 aromatic heterocycles. The molecular formula is C24H27F4N3O4. The van der Waals surface area contributed by atoms with Crippen molar-refractivity contribution in [3.8, 4) is 5.75 Å². The van der Waals surface area contributed by atoms with E-state index < -0.39 is 23.8 Å². The summed E-state index contributed by atoms with van der Waals surface area (Å²) in [6.45, 7) is 2.47. The van der Waals surface area contributed by atoms with Crippen LogP contribution in [0.25, 0.3) is 0 Å². The zero-order valence-corrected chi connectivity index (χ0v) is 18.9. The monoisotopic (exact) mass is 497 g/mol. The predicted octanol–water partition coefficient (Wildman–Crippen LogP) is 3.40. The van der Waals surface area contributed by atoms with Gasteiger partial charge in [0.1, 0.15) is 11.6 Å². The van der Waals surface area contributed by atoms with E-state index in [4.69, 9.17) is 4.74 Å². The average Bonchev–Trinajstić information content (AvgIpc) is 3.21. The average molecular weight is 497 g/mol. The molecule has 2 aliphatic heterocycles. The molecule has 1 spiro atoms. The number of benzene rings is 2. The number of rotatable bonds is 7. The van der Waals surface area contributed by atoms with E-state index in [2.05, 4.69) is 10.1 Å². The lowest BCUT2D eigenvalue weighted by Crippen LogP contribution is -2.57. The zero-order valence-electron chi connectivity index (χ0n) is 18.9. The number of halogens is 4. The summed E-state index contributed by atoms with van der Waals surface area (Å²) in [4.78, 5) is 16.6. The lowest BCUT2D eigenvalue weighted by atomic mass is 9.98. The minimum absolute atomic E-state index is 0.0638. The topological polar surface area (TPSA) is 74.3 Å². The Balaban J connectivity index is 1.35. The number of ether oxygens (including phenoxy) is 2. The van der Waals surface area contributed by atoms with Crippen LogP contribution >= 0.6 is 0 Å². The fourth-order valence-electron chi connectivity index (χ4n) is 4.62. The van der Waals surface area contributed by atoms with Crippen LogP contribution in [0, 0.1) is 5.82 Å². The molecule has 2 heterocycles. The first kappa shape index (κ1) is 25.2. The standard InChI is InChI=1S/C24H27F4N3O4/c25-17-1-3-18(4-2-17)29-22(33)13-20(14-32)31-11-12-34-23(16-31)9-10-30(15-23)19-5-7-21(8-6-19)35-24(26,27)28/h1-8,20,32H,9-16H2,(H,29,33). The molecule has 2 aliphatic rings. The van der Waals surface area contributed by atoms with Crippen LogP contribution in [0.15, 0.2) is 48.5 Å². The normalized spacial score (nSPS) is 21.8. The fraction of sp³-hybridized carbons (Fsp3) is 0.458. The maximum atomic E-state index is 13.1. The van der Waals surface area contributed by atoms with Crippen LogP contribution in [0.2, 0.25) is 0 Å². The van der Waals surface area contributed by atoms with Crippen LogP contribution in [-0.4, -0.2) is 73.3 Å². The minimum Gasteiger partial charge on any atom is -0.406 e. The maximum Gasteiger partial charge on any atom is 0.573 e. The maximum absolute atomic E-state index is 13.1. The SMILES string of the molecule is O=C(CC(CO)N1CCOC2(CCN(c3ccc(OC(F)(F)F)cc3)C2)C1)Nc1ccc(F)cc1. The van der Waals surface area contributed by atoms with E-state index in [0.717, 1.165) is 5.69 Å². The van der Waals surface area contributed by atoms with E-state index in [-0.39, 0.29) is 24.7 Å². The van der Waals surface area contributed by atoms with Crippen molar-refractivity contribution in [2.75, 3.05) is 49.6 Å². The lowest BCUT2D eigenvalue weighted by molar-refractivity contribution is -0.274. The largest absolute Gasteiger partial charge is 0.573 e. The molecular weight excluding hydrogens is 470 g/mol. The minimum atomic E-state index is -4.74. The molecule has 11 heteroatoms. The molecule has 35 heavy (non-hydrogen) atoms. The molecule has 0 radical (unpaired) electrons. The third-order valence-corrected chi connectivity index (χ3v) is 6.31. The first-order valence-corrected chi connectivity index (χ1v) is 11.3. The van der Waals surface area contributed by atoms with E-state index in [0.29, 0.717) is 44.9 Å². The summed E-state index contributed by atoms with van der Waals surface area (Å²) in [6, 6.07) is 10.8.